The molecule has 2 heterocycles. The van der Waals surface area contributed by atoms with Crippen molar-refractivity contribution in [1.29, 1.82) is 0 Å². The molecule has 0 aliphatic carbocycles. The summed E-state index contributed by atoms with van der Waals surface area (Å²) in [5.74, 6) is -0.595. The molecular formula is C22H25N3O5. The molecule has 4 rings (SSSR count). The fourth-order valence-electron chi connectivity index (χ4n) is 4.57. The van der Waals surface area contributed by atoms with Crippen molar-refractivity contribution >= 4 is 11.9 Å². The van der Waals surface area contributed by atoms with Crippen molar-refractivity contribution in [2.45, 2.75) is 25.0 Å². The summed E-state index contributed by atoms with van der Waals surface area (Å²) in [6, 6.07) is 11.3. The van der Waals surface area contributed by atoms with Gasteiger partial charge in [0.25, 0.3) is 0 Å². The van der Waals surface area contributed by atoms with Crippen LogP contribution in [0.2, 0.25) is 0 Å². The van der Waals surface area contributed by atoms with E-state index in [9.17, 15) is 19.8 Å². The van der Waals surface area contributed by atoms with Crippen molar-refractivity contribution in [2.75, 3.05) is 20.3 Å². The Morgan fingerprint density at radius 1 is 1.13 bits per heavy atom. The zero-order chi connectivity index (χ0) is 21.4. The third-order valence-electron chi connectivity index (χ3n) is 5.95. The van der Waals surface area contributed by atoms with Gasteiger partial charge >= 0.3 is 5.97 Å². The summed E-state index contributed by atoms with van der Waals surface area (Å²) in [6.07, 6.45) is 0. The van der Waals surface area contributed by atoms with Crippen LogP contribution in [0, 0.1) is 12.8 Å². The third-order valence-corrected chi connectivity index (χ3v) is 5.95. The van der Waals surface area contributed by atoms with Crippen molar-refractivity contribution in [2.24, 2.45) is 5.92 Å². The number of nitrogens with zero attached hydrogens (tertiary/aromatic N) is 1. The van der Waals surface area contributed by atoms with Crippen LogP contribution in [0.15, 0.2) is 42.5 Å². The Hall–Kier alpha value is -2.94. The highest BCUT2D eigenvalue weighted by molar-refractivity contribution is 5.89. The van der Waals surface area contributed by atoms with Crippen molar-refractivity contribution < 1.29 is 24.5 Å². The zero-order valence-corrected chi connectivity index (χ0v) is 16.8. The molecule has 8 heteroatoms. The monoisotopic (exact) mass is 411 g/mol. The van der Waals surface area contributed by atoms with E-state index < -0.39 is 12.0 Å². The number of phenolic OH excluding ortho intramolecular Hbond substituents is 1. The molecule has 2 aliphatic heterocycles. The molecule has 2 fully saturated rings. The van der Waals surface area contributed by atoms with Crippen LogP contribution >= 0.6 is 0 Å². The number of benzene rings is 2. The quantitative estimate of drug-likeness (QED) is 0.547. The second-order valence-electron chi connectivity index (χ2n) is 7.70. The number of hydrogen-bond acceptors (Lipinski definition) is 7. The van der Waals surface area contributed by atoms with Gasteiger partial charge in [-0.25, -0.2) is 15.6 Å². The van der Waals surface area contributed by atoms with E-state index in [1.807, 2.05) is 19.1 Å². The Morgan fingerprint density at radius 2 is 1.83 bits per heavy atom. The number of methoxy groups -OCH3 is 1. The topological polar surface area (TPSA) is 111 Å². The van der Waals surface area contributed by atoms with Gasteiger partial charge in [0.05, 0.1) is 31.4 Å². The minimum atomic E-state index is -0.493. The Labute approximate surface area is 174 Å². The molecule has 0 saturated carbocycles. The van der Waals surface area contributed by atoms with E-state index in [0.717, 1.165) is 11.1 Å². The van der Waals surface area contributed by atoms with Gasteiger partial charge in [0, 0.05) is 18.0 Å². The largest absolute Gasteiger partial charge is 0.508 e. The van der Waals surface area contributed by atoms with Crippen molar-refractivity contribution in [3.8, 4) is 5.75 Å². The predicted octanol–water partition coefficient (Wildman–Crippen LogP) is 1.20. The van der Waals surface area contributed by atoms with E-state index in [1.54, 1.807) is 35.2 Å². The number of β-amino-alcohol motifs (C(OH)–C–C–N with tert-alkyl or cyclic N) is 1. The molecule has 30 heavy (non-hydrogen) atoms. The van der Waals surface area contributed by atoms with E-state index >= 15 is 0 Å². The summed E-state index contributed by atoms with van der Waals surface area (Å²) < 4.78 is 4.76. The molecule has 0 aromatic heterocycles. The van der Waals surface area contributed by atoms with Crippen LogP contribution in [0.5, 0.6) is 5.75 Å². The molecule has 0 spiro atoms. The molecule has 1 amide bonds. The van der Waals surface area contributed by atoms with Crippen LogP contribution < -0.4 is 10.9 Å². The van der Waals surface area contributed by atoms with Crippen LogP contribution in [0.1, 0.15) is 39.1 Å². The van der Waals surface area contributed by atoms with Gasteiger partial charge in [-0.15, -0.1) is 0 Å². The first-order chi connectivity index (χ1) is 14.5. The standard InChI is InChI=1S/C22H25N3O5/c1-12-3-8-15(16(27)11-12)18-17-19(24-23-18)21(28)25(9-10-26)20(17)13-4-6-14(7-5-13)22(29)30-2/h3-8,11,17-20,23-24,26-27H,9-10H2,1-2H3. The lowest BCUT2D eigenvalue weighted by Crippen LogP contribution is -2.42. The van der Waals surface area contributed by atoms with E-state index in [-0.39, 0.29) is 42.8 Å². The Balaban J connectivity index is 1.75. The smallest absolute Gasteiger partial charge is 0.337 e. The predicted molar refractivity (Wildman–Crippen MR) is 108 cm³/mol. The number of carbonyl (C=O) groups is 2. The van der Waals surface area contributed by atoms with Crippen LogP contribution in [-0.4, -0.2) is 53.3 Å². The van der Waals surface area contributed by atoms with Crippen LogP contribution in [0.25, 0.3) is 0 Å². The summed E-state index contributed by atoms with van der Waals surface area (Å²) in [5.41, 5.74) is 9.17. The number of nitrogens with one attached hydrogen (secondary N) is 2. The number of aliphatic hydroxyl groups is 1. The fourth-order valence-corrected chi connectivity index (χ4v) is 4.57. The highest BCUT2D eigenvalue weighted by atomic mass is 16.5. The lowest BCUT2D eigenvalue weighted by Gasteiger charge is -2.31. The maximum atomic E-state index is 13.1. The highest BCUT2D eigenvalue weighted by Gasteiger charge is 2.55. The molecule has 2 aliphatic rings. The van der Waals surface area contributed by atoms with Gasteiger partial charge in [-0.1, -0.05) is 24.3 Å². The normalized spacial score (nSPS) is 25.4. The second-order valence-corrected chi connectivity index (χ2v) is 7.70. The van der Waals surface area contributed by atoms with E-state index in [4.69, 9.17) is 4.74 Å². The number of esters is 1. The number of hydrazine groups is 1. The summed E-state index contributed by atoms with van der Waals surface area (Å²) in [7, 11) is 1.33. The minimum Gasteiger partial charge on any atom is -0.508 e. The number of carbonyl (C=O) groups excluding carboxylic acids is 2. The number of hydrogen-bond donors (Lipinski definition) is 4. The number of phenols is 1. The molecule has 0 radical (unpaired) electrons. The fraction of sp³-hybridized carbons (Fsp3) is 0.364. The maximum Gasteiger partial charge on any atom is 0.337 e. The third kappa shape index (κ3) is 3.32. The van der Waals surface area contributed by atoms with Gasteiger partial charge in [0.2, 0.25) is 5.91 Å². The number of aromatic hydroxyl groups is 1. The number of ether oxygens (including phenoxy) is 1. The lowest BCUT2D eigenvalue weighted by molar-refractivity contribution is -0.131. The molecular weight excluding hydrogens is 386 g/mol. The number of likely N-dealkylation sites (tertiary alicyclic amines) is 1. The Morgan fingerprint density at radius 3 is 2.47 bits per heavy atom. The zero-order valence-electron chi connectivity index (χ0n) is 16.8. The first-order valence-corrected chi connectivity index (χ1v) is 9.86. The van der Waals surface area contributed by atoms with Crippen LogP contribution in [-0.2, 0) is 9.53 Å². The SMILES string of the molecule is COC(=O)c1ccc(C2C3C(NNC3c3ccc(C)cc3O)C(=O)N2CCO)cc1. The van der Waals surface area contributed by atoms with Gasteiger partial charge in [-0.2, -0.15) is 0 Å². The van der Waals surface area contributed by atoms with Gasteiger partial charge in [-0.05, 0) is 36.2 Å². The number of amides is 1. The average Bonchev–Trinajstić information content (AvgIpc) is 3.27. The van der Waals surface area contributed by atoms with Crippen molar-refractivity contribution in [3.05, 3.63) is 64.7 Å². The molecule has 8 nitrogen and oxygen atoms in total. The average molecular weight is 411 g/mol. The van der Waals surface area contributed by atoms with Gasteiger partial charge in [0.15, 0.2) is 0 Å². The van der Waals surface area contributed by atoms with Crippen molar-refractivity contribution in [3.63, 3.8) is 0 Å². The molecule has 0 bridgehead atoms. The molecule has 4 atom stereocenters. The molecule has 2 saturated heterocycles. The lowest BCUT2D eigenvalue weighted by atomic mass is 9.83. The van der Waals surface area contributed by atoms with Gasteiger partial charge < -0.3 is 19.8 Å². The number of aryl methyl sites for hydroxylation is 1. The van der Waals surface area contributed by atoms with Gasteiger partial charge in [0.1, 0.15) is 11.8 Å². The second kappa shape index (κ2) is 8.06. The summed E-state index contributed by atoms with van der Waals surface area (Å²) in [4.78, 5) is 26.5. The molecule has 2 aromatic carbocycles. The van der Waals surface area contributed by atoms with Gasteiger partial charge in [-0.3, -0.25) is 4.79 Å². The highest BCUT2D eigenvalue weighted by Crippen LogP contribution is 2.48. The first-order valence-electron chi connectivity index (χ1n) is 9.86. The Kier molecular flexibility index (Phi) is 5.46. The molecule has 2 aromatic rings. The summed E-state index contributed by atoms with van der Waals surface area (Å²) in [5, 5.41) is 20.1. The first kappa shape index (κ1) is 20.3. The molecule has 158 valence electrons. The molecule has 4 N–H and O–H groups in total. The van der Waals surface area contributed by atoms with Crippen molar-refractivity contribution in [1.82, 2.24) is 15.8 Å². The van der Waals surface area contributed by atoms with E-state index in [2.05, 4.69) is 10.9 Å². The van der Waals surface area contributed by atoms with E-state index in [1.165, 1.54) is 7.11 Å². The summed E-state index contributed by atoms with van der Waals surface area (Å²) in [6.45, 7) is 1.94. The minimum absolute atomic E-state index is 0.113. The number of rotatable bonds is 5. The summed E-state index contributed by atoms with van der Waals surface area (Å²) >= 11 is 0. The number of fused-ring (bicyclic) bond motifs is 1. The van der Waals surface area contributed by atoms with E-state index in [0.29, 0.717) is 11.1 Å². The Bertz CT molecular complexity index is 962. The number of aliphatic hydroxyl groups excluding tert-OH is 1. The van der Waals surface area contributed by atoms with Crippen LogP contribution in [0.4, 0.5) is 0 Å². The molecule has 4 unspecified atom stereocenters. The van der Waals surface area contributed by atoms with Crippen LogP contribution in [0.3, 0.4) is 0 Å². The maximum absolute atomic E-state index is 13.1.